The van der Waals surface area contributed by atoms with Crippen LogP contribution in [0.3, 0.4) is 0 Å². The van der Waals surface area contributed by atoms with Crippen LogP contribution in [0, 0.1) is 0 Å². The van der Waals surface area contributed by atoms with Gasteiger partial charge in [0, 0.05) is 6.20 Å². The molecule has 56 valence electrons. The summed E-state index contributed by atoms with van der Waals surface area (Å²) in [4.78, 5) is 14.0. The summed E-state index contributed by atoms with van der Waals surface area (Å²) in [5, 5.41) is 8.34. The van der Waals surface area contributed by atoms with E-state index in [1.807, 2.05) is 0 Å². The summed E-state index contributed by atoms with van der Waals surface area (Å²) in [6.45, 7) is 0. The fourth-order valence-corrected chi connectivity index (χ4v) is 0.720. The third-order valence-corrected chi connectivity index (χ3v) is 1.17. The van der Waals surface area contributed by atoms with Crippen LogP contribution in [0.2, 0.25) is 0 Å². The Bertz CT molecular complexity index is 385. The predicted octanol–water partition coefficient (Wildman–Crippen LogP) is -0.247. The summed E-state index contributed by atoms with van der Waals surface area (Å²) in [7, 11) is 0. The highest BCUT2D eigenvalue weighted by atomic mass is 16.5. The van der Waals surface area contributed by atoms with Gasteiger partial charge in [0.2, 0.25) is 0 Å². The number of rotatable bonds is 1. The molecule has 2 aromatic heterocycles. The molecule has 0 unspecified atom stereocenters. The van der Waals surface area contributed by atoms with E-state index in [4.69, 9.17) is 0 Å². The molecule has 0 radical (unpaired) electrons. The Labute approximate surface area is 60.2 Å². The maximum absolute atomic E-state index is 10.5. The molecular weight excluding hydrogens is 148 g/mol. The molecule has 0 bridgehead atoms. The minimum absolute atomic E-state index is 0.215. The van der Waals surface area contributed by atoms with Crippen LogP contribution >= 0.6 is 0 Å². The van der Waals surface area contributed by atoms with Gasteiger partial charge in [0.25, 0.3) is 5.89 Å². The largest absolute Gasteiger partial charge is 0.377 e. The molecule has 2 aromatic rings. The van der Waals surface area contributed by atoms with E-state index in [1.54, 1.807) is 12.3 Å². The second-order valence-electron chi connectivity index (χ2n) is 1.90. The Balaban J connectivity index is 2.53. The number of nitrogens with zero attached hydrogens (tertiary/aromatic N) is 2. The maximum Gasteiger partial charge on any atom is 0.377 e. The lowest BCUT2D eigenvalue weighted by Crippen LogP contribution is -1.99. The summed E-state index contributed by atoms with van der Waals surface area (Å²) in [6, 6.07) is 1.65. The third kappa shape index (κ3) is 0.936. The van der Waals surface area contributed by atoms with Gasteiger partial charge >= 0.3 is 5.69 Å². The second-order valence-corrected chi connectivity index (χ2v) is 1.90. The van der Waals surface area contributed by atoms with Gasteiger partial charge in [0.15, 0.2) is 0 Å². The lowest BCUT2D eigenvalue weighted by Gasteiger charge is -1.81. The Morgan fingerprint density at radius 3 is 3.00 bits per heavy atom. The average Bonchev–Trinajstić information content (AvgIpc) is 2.55. The molecule has 0 aliphatic carbocycles. The lowest BCUT2D eigenvalue weighted by atomic mass is 10.4. The van der Waals surface area contributed by atoms with Gasteiger partial charge in [-0.05, 0) is 6.07 Å². The van der Waals surface area contributed by atoms with Crippen molar-refractivity contribution in [2.75, 3.05) is 0 Å². The van der Waals surface area contributed by atoms with E-state index < -0.39 is 5.69 Å². The fourth-order valence-electron chi connectivity index (χ4n) is 0.720. The molecule has 6 heteroatoms. The van der Waals surface area contributed by atoms with Crippen molar-refractivity contribution in [3.63, 3.8) is 0 Å². The van der Waals surface area contributed by atoms with Gasteiger partial charge in [0.05, 0.1) is 0 Å². The Kier molecular flexibility index (Phi) is 1.12. The van der Waals surface area contributed by atoms with Gasteiger partial charge in [-0.25, -0.2) is 4.79 Å². The monoisotopic (exact) mass is 152 g/mol. The first-order valence-electron chi connectivity index (χ1n) is 2.91. The van der Waals surface area contributed by atoms with Crippen LogP contribution in [0.5, 0.6) is 0 Å². The van der Waals surface area contributed by atoms with Crippen LogP contribution in [0.25, 0.3) is 11.6 Å². The zero-order chi connectivity index (χ0) is 7.68. The molecule has 0 saturated heterocycles. The van der Waals surface area contributed by atoms with Gasteiger partial charge in [-0.3, -0.25) is 5.10 Å². The van der Waals surface area contributed by atoms with Crippen molar-refractivity contribution in [1.29, 1.82) is 0 Å². The molecule has 0 spiro atoms. The SMILES string of the molecule is O=c1nc(-c2ccn[nH]2)o[nH]1. The van der Waals surface area contributed by atoms with Gasteiger partial charge in [-0.1, -0.05) is 0 Å². The number of aromatic nitrogens is 4. The molecule has 11 heavy (non-hydrogen) atoms. The molecule has 2 rings (SSSR count). The van der Waals surface area contributed by atoms with Crippen molar-refractivity contribution in [3.8, 4) is 11.6 Å². The van der Waals surface area contributed by atoms with Gasteiger partial charge in [-0.2, -0.15) is 15.2 Å². The Morgan fingerprint density at radius 2 is 2.45 bits per heavy atom. The number of hydrogen-bond acceptors (Lipinski definition) is 4. The van der Waals surface area contributed by atoms with E-state index in [1.165, 1.54) is 0 Å². The van der Waals surface area contributed by atoms with Crippen LogP contribution in [0.4, 0.5) is 0 Å². The van der Waals surface area contributed by atoms with Crippen LogP contribution < -0.4 is 5.69 Å². The van der Waals surface area contributed by atoms with E-state index in [9.17, 15) is 4.79 Å². The van der Waals surface area contributed by atoms with Crippen LogP contribution in [0.15, 0.2) is 21.6 Å². The third-order valence-electron chi connectivity index (χ3n) is 1.17. The predicted molar refractivity (Wildman–Crippen MR) is 34.7 cm³/mol. The highest BCUT2D eigenvalue weighted by Crippen LogP contribution is 2.08. The van der Waals surface area contributed by atoms with E-state index in [0.717, 1.165) is 0 Å². The van der Waals surface area contributed by atoms with Gasteiger partial charge < -0.3 is 4.52 Å². The summed E-state index contributed by atoms with van der Waals surface area (Å²) in [5.41, 5.74) is 0.0675. The second kappa shape index (κ2) is 2.08. The zero-order valence-electron chi connectivity index (χ0n) is 5.37. The van der Waals surface area contributed by atoms with Crippen LogP contribution in [-0.2, 0) is 0 Å². The molecule has 6 nitrogen and oxygen atoms in total. The van der Waals surface area contributed by atoms with E-state index >= 15 is 0 Å². The lowest BCUT2D eigenvalue weighted by molar-refractivity contribution is 0.423. The average molecular weight is 152 g/mol. The van der Waals surface area contributed by atoms with Crippen molar-refractivity contribution in [3.05, 3.63) is 22.7 Å². The van der Waals surface area contributed by atoms with Crippen molar-refractivity contribution in [1.82, 2.24) is 20.3 Å². The van der Waals surface area contributed by atoms with Crippen molar-refractivity contribution >= 4 is 0 Å². The minimum atomic E-state index is -0.505. The molecule has 0 atom stereocenters. The van der Waals surface area contributed by atoms with Crippen molar-refractivity contribution < 1.29 is 4.52 Å². The highest BCUT2D eigenvalue weighted by Gasteiger charge is 2.04. The van der Waals surface area contributed by atoms with Crippen molar-refractivity contribution in [2.24, 2.45) is 0 Å². The number of nitrogens with one attached hydrogen (secondary N) is 2. The quantitative estimate of drug-likeness (QED) is 0.589. The van der Waals surface area contributed by atoms with E-state index in [-0.39, 0.29) is 5.89 Å². The van der Waals surface area contributed by atoms with Crippen LogP contribution in [-0.4, -0.2) is 20.3 Å². The number of hydrogen-bond donors (Lipinski definition) is 2. The van der Waals surface area contributed by atoms with Crippen molar-refractivity contribution in [2.45, 2.75) is 0 Å². The van der Waals surface area contributed by atoms with Gasteiger partial charge in [-0.15, -0.1) is 0 Å². The maximum atomic E-state index is 10.5. The number of aromatic amines is 2. The molecule has 0 fully saturated rings. The van der Waals surface area contributed by atoms with Crippen LogP contribution in [0.1, 0.15) is 0 Å². The minimum Gasteiger partial charge on any atom is -0.355 e. The summed E-state index contributed by atoms with van der Waals surface area (Å²) < 4.78 is 4.69. The Morgan fingerprint density at radius 1 is 1.55 bits per heavy atom. The molecule has 0 saturated carbocycles. The number of H-pyrrole nitrogens is 2. The highest BCUT2D eigenvalue weighted by molar-refractivity contribution is 5.43. The first-order valence-corrected chi connectivity index (χ1v) is 2.91. The molecule has 0 aliphatic rings. The Hall–Kier alpha value is -1.85. The topological polar surface area (TPSA) is 87.6 Å². The molecule has 2 N–H and O–H groups in total. The molecule has 0 amide bonds. The van der Waals surface area contributed by atoms with Gasteiger partial charge in [0.1, 0.15) is 5.69 Å². The fraction of sp³-hybridized carbons (Fsp3) is 0. The molecule has 0 aliphatic heterocycles. The zero-order valence-corrected chi connectivity index (χ0v) is 5.37. The standard InChI is InChI=1S/C5H4N4O2/c10-5-7-4(11-9-5)3-1-2-6-8-3/h1-2H,(H,6,8)(H,9,10). The first-order chi connectivity index (χ1) is 5.36. The first kappa shape index (κ1) is 5.90. The van der Waals surface area contributed by atoms with E-state index in [0.29, 0.717) is 5.69 Å². The molecule has 2 heterocycles. The van der Waals surface area contributed by atoms with E-state index in [2.05, 4.69) is 24.9 Å². The summed E-state index contributed by atoms with van der Waals surface area (Å²) in [5.74, 6) is 0.215. The normalized spacial score (nSPS) is 10.2. The molecule has 0 aromatic carbocycles. The smallest absolute Gasteiger partial charge is 0.355 e. The summed E-state index contributed by atoms with van der Waals surface area (Å²) in [6.07, 6.45) is 1.55. The summed E-state index contributed by atoms with van der Waals surface area (Å²) >= 11 is 0. The molecular formula is C5H4N4O2.